The fourth-order valence-corrected chi connectivity index (χ4v) is 0.307. The zero-order valence-corrected chi connectivity index (χ0v) is 7.48. The molecule has 0 spiro atoms. The molecule has 1 atom stereocenters. The highest BCUT2D eigenvalue weighted by Gasteiger charge is 1.92. The Hall–Kier alpha value is -0.660. The molecular weight excluding hydrogens is 188 g/mol. The molecule has 0 rings (SSSR count). The summed E-state index contributed by atoms with van der Waals surface area (Å²) in [5.74, 6) is 0. The zero-order valence-electron chi connectivity index (χ0n) is 5.85. The number of thiocarbonyl (C=S) groups is 2. The molecule has 0 aromatic carbocycles. The predicted octanol–water partition coefficient (Wildman–Crippen LogP) is -0.627. The van der Waals surface area contributed by atoms with Gasteiger partial charge in [-0.1, -0.05) is 0 Å². The van der Waals surface area contributed by atoms with Crippen molar-refractivity contribution >= 4 is 34.8 Å². The van der Waals surface area contributed by atoms with Gasteiger partial charge in [-0.2, -0.15) is 0 Å². The van der Waals surface area contributed by atoms with Gasteiger partial charge in [0.15, 0.2) is 6.29 Å². The molecule has 0 saturated heterocycles. The van der Waals surface area contributed by atoms with Crippen LogP contribution in [0.4, 0.5) is 0 Å². The lowest BCUT2D eigenvalue weighted by molar-refractivity contribution is -0.00913. The number of aliphatic hydroxyl groups is 2. The monoisotopic (exact) mass is 198 g/mol. The molecule has 0 radical (unpaired) electrons. The van der Waals surface area contributed by atoms with E-state index < -0.39 is 11.5 Å². The first kappa shape index (κ1) is 13.0. The standard InChI is InChI=1S/C3H7NO2S.CH3NOS/c1-2(5)6-3(4)7;2-1(3)4/h2,5H,1H3,(H2,4,7);(H3,2,3,4). The maximum absolute atomic E-state index is 8.33. The van der Waals surface area contributed by atoms with Crippen molar-refractivity contribution < 1.29 is 14.9 Å². The van der Waals surface area contributed by atoms with Gasteiger partial charge in [-0.3, -0.25) is 0 Å². The molecule has 0 aliphatic carbocycles. The van der Waals surface area contributed by atoms with E-state index in [4.69, 9.17) is 15.9 Å². The third kappa shape index (κ3) is 45.1. The number of hydrogen-bond donors (Lipinski definition) is 4. The van der Waals surface area contributed by atoms with Crippen molar-refractivity contribution in [3.8, 4) is 0 Å². The van der Waals surface area contributed by atoms with Crippen LogP contribution in [0.1, 0.15) is 6.92 Å². The first-order chi connectivity index (χ1) is 4.86. The molecule has 0 heterocycles. The van der Waals surface area contributed by atoms with Crippen LogP contribution < -0.4 is 11.5 Å². The molecule has 0 amide bonds. The van der Waals surface area contributed by atoms with Gasteiger partial charge in [0.1, 0.15) is 0 Å². The van der Waals surface area contributed by atoms with Crippen LogP contribution in [-0.4, -0.2) is 26.9 Å². The number of aliphatic hydroxyl groups excluding tert-OH is 2. The van der Waals surface area contributed by atoms with Gasteiger partial charge < -0.3 is 26.4 Å². The first-order valence-corrected chi connectivity index (χ1v) is 3.30. The van der Waals surface area contributed by atoms with Gasteiger partial charge in [-0.05, 0) is 31.4 Å². The molecular formula is C4H10N2O3S2. The summed E-state index contributed by atoms with van der Waals surface area (Å²) in [4.78, 5) is 0. The minimum Gasteiger partial charge on any atom is -0.487 e. The third-order valence-electron chi connectivity index (χ3n) is 0.287. The van der Waals surface area contributed by atoms with Gasteiger partial charge >= 0.3 is 0 Å². The highest BCUT2D eigenvalue weighted by atomic mass is 32.1. The van der Waals surface area contributed by atoms with Crippen LogP contribution in [0.5, 0.6) is 0 Å². The SMILES string of the molecule is CC(O)OC(N)=S.NC(O)=S. The van der Waals surface area contributed by atoms with E-state index in [0.29, 0.717) is 0 Å². The van der Waals surface area contributed by atoms with E-state index >= 15 is 0 Å². The average Bonchev–Trinajstić information content (AvgIpc) is 1.56. The number of rotatable bonds is 1. The van der Waals surface area contributed by atoms with Crippen LogP contribution in [-0.2, 0) is 4.74 Å². The van der Waals surface area contributed by atoms with Crippen molar-refractivity contribution in [2.45, 2.75) is 13.2 Å². The molecule has 11 heavy (non-hydrogen) atoms. The van der Waals surface area contributed by atoms with Gasteiger partial charge in [0.2, 0.25) is 0 Å². The Morgan fingerprint density at radius 1 is 1.45 bits per heavy atom. The lowest BCUT2D eigenvalue weighted by Crippen LogP contribution is -2.19. The molecule has 0 bridgehead atoms. The Labute approximate surface area is 74.9 Å². The van der Waals surface area contributed by atoms with Crippen molar-refractivity contribution in [2.75, 3.05) is 0 Å². The minimum atomic E-state index is -0.891. The Balaban J connectivity index is 0. The summed E-state index contributed by atoms with van der Waals surface area (Å²) < 4.78 is 4.31. The molecule has 66 valence electrons. The van der Waals surface area contributed by atoms with Gasteiger partial charge in [-0.15, -0.1) is 0 Å². The van der Waals surface area contributed by atoms with E-state index in [-0.39, 0.29) is 5.17 Å². The summed E-state index contributed by atoms with van der Waals surface area (Å²) in [6.45, 7) is 1.43. The first-order valence-electron chi connectivity index (χ1n) is 2.48. The predicted molar refractivity (Wildman–Crippen MR) is 49.0 cm³/mol. The second-order valence-electron chi connectivity index (χ2n) is 1.37. The van der Waals surface area contributed by atoms with Gasteiger partial charge in [-0.25, -0.2) is 0 Å². The second-order valence-corrected chi connectivity index (χ2v) is 2.20. The van der Waals surface area contributed by atoms with Gasteiger partial charge in [0.05, 0.1) is 0 Å². The van der Waals surface area contributed by atoms with Crippen LogP contribution in [0.2, 0.25) is 0 Å². The summed E-state index contributed by atoms with van der Waals surface area (Å²) in [6.07, 6.45) is -0.891. The third-order valence-corrected chi connectivity index (χ3v) is 0.383. The molecule has 6 N–H and O–H groups in total. The summed E-state index contributed by atoms with van der Waals surface area (Å²) in [6, 6.07) is 0. The van der Waals surface area contributed by atoms with Gasteiger partial charge in [0, 0.05) is 0 Å². The van der Waals surface area contributed by atoms with Crippen LogP contribution in [0.15, 0.2) is 0 Å². The van der Waals surface area contributed by atoms with E-state index in [0.717, 1.165) is 0 Å². The van der Waals surface area contributed by atoms with Crippen LogP contribution in [0, 0.1) is 0 Å². The quantitative estimate of drug-likeness (QED) is 0.329. The van der Waals surface area contributed by atoms with E-state index in [1.54, 1.807) is 0 Å². The maximum atomic E-state index is 8.33. The molecule has 5 nitrogen and oxygen atoms in total. The summed E-state index contributed by atoms with van der Waals surface area (Å²) in [5.41, 5.74) is 9.24. The van der Waals surface area contributed by atoms with Crippen molar-refractivity contribution in [3.05, 3.63) is 0 Å². The van der Waals surface area contributed by atoms with Crippen molar-refractivity contribution in [2.24, 2.45) is 11.5 Å². The molecule has 0 aromatic rings. The largest absolute Gasteiger partial charge is 0.487 e. The average molecular weight is 198 g/mol. The van der Waals surface area contributed by atoms with Crippen molar-refractivity contribution in [3.63, 3.8) is 0 Å². The lowest BCUT2D eigenvalue weighted by Gasteiger charge is -2.02. The molecule has 7 heteroatoms. The Morgan fingerprint density at radius 3 is 1.73 bits per heavy atom. The maximum Gasteiger partial charge on any atom is 0.256 e. The fraction of sp³-hybridized carbons (Fsp3) is 0.500. The molecule has 0 aliphatic heterocycles. The molecule has 0 saturated carbocycles. The molecule has 1 unspecified atom stereocenters. The van der Waals surface area contributed by atoms with E-state index in [1.165, 1.54) is 6.92 Å². The van der Waals surface area contributed by atoms with E-state index in [9.17, 15) is 0 Å². The summed E-state index contributed by atoms with van der Waals surface area (Å²) >= 11 is 8.14. The van der Waals surface area contributed by atoms with E-state index in [1.807, 2.05) is 0 Å². The minimum absolute atomic E-state index is 0.130. The van der Waals surface area contributed by atoms with Crippen molar-refractivity contribution in [1.82, 2.24) is 0 Å². The Morgan fingerprint density at radius 2 is 1.73 bits per heavy atom. The van der Waals surface area contributed by atoms with Crippen LogP contribution in [0.3, 0.4) is 0 Å². The number of hydrogen-bond acceptors (Lipinski definition) is 4. The smallest absolute Gasteiger partial charge is 0.256 e. The molecule has 0 fully saturated rings. The highest BCUT2D eigenvalue weighted by molar-refractivity contribution is 7.80. The topological polar surface area (TPSA) is 102 Å². The highest BCUT2D eigenvalue weighted by Crippen LogP contribution is 1.80. The number of nitrogens with two attached hydrogens (primary N) is 2. The second kappa shape index (κ2) is 7.45. The summed E-state index contributed by atoms with van der Waals surface area (Å²) in [7, 11) is 0. The van der Waals surface area contributed by atoms with Crippen LogP contribution >= 0.6 is 24.4 Å². The Kier molecular flexibility index (Phi) is 8.78. The lowest BCUT2D eigenvalue weighted by atomic mass is 10.8. The molecule has 0 aromatic heterocycles. The number of ether oxygens (including phenoxy) is 1. The van der Waals surface area contributed by atoms with Gasteiger partial charge in [0.25, 0.3) is 10.3 Å². The Bertz CT molecular complexity index is 135. The summed E-state index contributed by atoms with van der Waals surface area (Å²) in [5, 5.41) is 15.3. The van der Waals surface area contributed by atoms with E-state index in [2.05, 4.69) is 34.9 Å². The van der Waals surface area contributed by atoms with Crippen molar-refractivity contribution in [1.29, 1.82) is 0 Å². The van der Waals surface area contributed by atoms with Crippen LogP contribution in [0.25, 0.3) is 0 Å². The zero-order chi connectivity index (χ0) is 9.44. The fourth-order valence-electron chi connectivity index (χ4n) is 0.168. The molecule has 0 aliphatic rings. The normalized spacial score (nSPS) is 10.4.